The van der Waals surface area contributed by atoms with Crippen LogP contribution in [0.25, 0.3) is 10.4 Å². The lowest BCUT2D eigenvalue weighted by Crippen LogP contribution is -2.02. The van der Waals surface area contributed by atoms with Crippen LogP contribution in [0.3, 0.4) is 0 Å². The van der Waals surface area contributed by atoms with Gasteiger partial charge in [0.25, 0.3) is 0 Å². The molecule has 0 saturated heterocycles. The Morgan fingerprint density at radius 2 is 1.95 bits per heavy atom. The summed E-state index contributed by atoms with van der Waals surface area (Å²) in [7, 11) is 0. The van der Waals surface area contributed by atoms with Crippen molar-refractivity contribution in [2.75, 3.05) is 5.32 Å². The highest BCUT2D eigenvalue weighted by atomic mass is 32.1. The maximum atomic E-state index is 9.29. The van der Waals surface area contributed by atoms with Crippen molar-refractivity contribution in [3.8, 4) is 10.4 Å². The summed E-state index contributed by atoms with van der Waals surface area (Å²) >= 11 is 1.66. The molecule has 0 fully saturated rings. The molecular weight excluding hydrogens is 282 g/mol. The fourth-order valence-electron chi connectivity index (χ4n) is 2.02. The molecule has 0 amide bonds. The number of rotatable bonds is 5. The first kappa shape index (κ1) is 13.7. The lowest BCUT2D eigenvalue weighted by atomic mass is 10.2. The molecule has 0 unspecified atom stereocenters. The number of nitrogens with zero attached hydrogens (tertiary/aromatic N) is 2. The van der Waals surface area contributed by atoms with Crippen LogP contribution in [0.1, 0.15) is 10.6 Å². The molecule has 0 spiro atoms. The molecule has 0 radical (unpaired) electrons. The van der Waals surface area contributed by atoms with E-state index in [0.717, 1.165) is 21.1 Å². The number of hydrogen-bond donors (Lipinski definition) is 2. The van der Waals surface area contributed by atoms with Crippen molar-refractivity contribution in [3.05, 3.63) is 65.6 Å². The monoisotopic (exact) mass is 297 g/mol. The average molecular weight is 297 g/mol. The smallest absolute Gasteiger partial charge is 0.112 e. The number of benzene rings is 1. The van der Waals surface area contributed by atoms with E-state index < -0.39 is 0 Å². The summed E-state index contributed by atoms with van der Waals surface area (Å²) in [5.74, 6) is 0. The van der Waals surface area contributed by atoms with E-state index in [2.05, 4.69) is 27.4 Å². The predicted molar refractivity (Wildman–Crippen MR) is 85.0 cm³/mol. The molecule has 2 aromatic heterocycles. The van der Waals surface area contributed by atoms with Crippen LogP contribution in [0.5, 0.6) is 0 Å². The highest BCUT2D eigenvalue weighted by Gasteiger charge is 2.05. The Kier molecular flexibility index (Phi) is 4.23. The lowest BCUT2D eigenvalue weighted by molar-refractivity contribution is 0.282. The summed E-state index contributed by atoms with van der Waals surface area (Å²) in [5, 5.41) is 13.6. The maximum Gasteiger partial charge on any atom is 0.112 e. The van der Waals surface area contributed by atoms with Gasteiger partial charge in [-0.1, -0.05) is 30.3 Å². The number of aliphatic hydroxyl groups is 1. The van der Waals surface area contributed by atoms with E-state index in [9.17, 15) is 5.11 Å². The molecule has 0 aliphatic heterocycles. The second kappa shape index (κ2) is 6.47. The number of thiazole rings is 1. The van der Waals surface area contributed by atoms with Gasteiger partial charge in [-0.05, 0) is 11.6 Å². The van der Waals surface area contributed by atoms with Gasteiger partial charge < -0.3 is 10.4 Å². The predicted octanol–water partition coefficient (Wildman–Crippen LogP) is 3.31. The summed E-state index contributed by atoms with van der Waals surface area (Å²) in [6, 6.07) is 12.0. The van der Waals surface area contributed by atoms with Gasteiger partial charge in [-0.15, -0.1) is 11.3 Å². The molecule has 0 aliphatic rings. The van der Waals surface area contributed by atoms with Crippen LogP contribution < -0.4 is 5.32 Å². The third kappa shape index (κ3) is 3.26. The molecule has 0 bridgehead atoms. The highest BCUT2D eigenvalue weighted by Crippen LogP contribution is 2.26. The number of pyridine rings is 1. The van der Waals surface area contributed by atoms with Gasteiger partial charge in [-0.25, -0.2) is 4.98 Å². The lowest BCUT2D eigenvalue weighted by Gasteiger charge is -2.07. The van der Waals surface area contributed by atoms with Crippen LogP contribution in [0.15, 0.2) is 55.0 Å². The minimum absolute atomic E-state index is 0.00200. The molecule has 5 heteroatoms. The third-order valence-electron chi connectivity index (χ3n) is 3.12. The molecule has 1 aromatic carbocycles. The summed E-state index contributed by atoms with van der Waals surface area (Å²) in [6.07, 6.45) is 5.29. The first-order valence-corrected chi connectivity index (χ1v) is 7.46. The first-order valence-electron chi connectivity index (χ1n) is 6.64. The first-order chi connectivity index (χ1) is 10.4. The Labute approximate surface area is 127 Å². The van der Waals surface area contributed by atoms with Crippen molar-refractivity contribution in [2.24, 2.45) is 0 Å². The van der Waals surface area contributed by atoms with Gasteiger partial charge in [0, 0.05) is 18.0 Å². The number of aromatic nitrogens is 2. The fraction of sp³-hybridized carbons (Fsp3) is 0.125. The molecule has 4 nitrogen and oxygen atoms in total. The van der Waals surface area contributed by atoms with E-state index in [1.165, 1.54) is 5.56 Å². The van der Waals surface area contributed by atoms with Crippen LogP contribution in [0.2, 0.25) is 0 Å². The molecule has 0 atom stereocenters. The topological polar surface area (TPSA) is 58.0 Å². The van der Waals surface area contributed by atoms with Gasteiger partial charge in [-0.3, -0.25) is 4.98 Å². The Balaban J connectivity index is 1.71. The van der Waals surface area contributed by atoms with Crippen molar-refractivity contribution in [3.63, 3.8) is 0 Å². The van der Waals surface area contributed by atoms with Crippen molar-refractivity contribution in [2.45, 2.75) is 13.2 Å². The number of aliphatic hydroxyl groups excluding tert-OH is 1. The van der Waals surface area contributed by atoms with Crippen molar-refractivity contribution >= 4 is 17.0 Å². The Bertz CT molecular complexity index is 712. The summed E-state index contributed by atoms with van der Waals surface area (Å²) in [6.45, 7) is 0.619. The van der Waals surface area contributed by atoms with Crippen LogP contribution in [-0.2, 0) is 13.2 Å². The molecule has 3 rings (SSSR count). The standard InChI is InChI=1S/C16H15N3OS/c20-11-13-6-7-17-8-14(13)18-10-16-19-9-15(21-16)12-4-2-1-3-5-12/h1-9,18,20H,10-11H2. The van der Waals surface area contributed by atoms with E-state index in [4.69, 9.17) is 0 Å². The number of hydrogen-bond acceptors (Lipinski definition) is 5. The van der Waals surface area contributed by atoms with Gasteiger partial charge in [0.2, 0.25) is 0 Å². The zero-order valence-electron chi connectivity index (χ0n) is 11.4. The van der Waals surface area contributed by atoms with Crippen molar-refractivity contribution in [1.82, 2.24) is 9.97 Å². The average Bonchev–Trinajstić information content (AvgIpc) is 3.03. The number of nitrogens with one attached hydrogen (secondary N) is 1. The third-order valence-corrected chi connectivity index (χ3v) is 4.17. The second-order valence-corrected chi connectivity index (χ2v) is 5.64. The molecule has 3 aromatic rings. The van der Waals surface area contributed by atoms with Crippen LogP contribution >= 0.6 is 11.3 Å². The highest BCUT2D eigenvalue weighted by molar-refractivity contribution is 7.15. The quantitative estimate of drug-likeness (QED) is 0.758. The van der Waals surface area contributed by atoms with Gasteiger partial charge in [-0.2, -0.15) is 0 Å². The van der Waals surface area contributed by atoms with E-state index in [1.54, 1.807) is 29.8 Å². The maximum absolute atomic E-state index is 9.29. The van der Waals surface area contributed by atoms with Crippen molar-refractivity contribution < 1.29 is 5.11 Å². The molecule has 0 aliphatic carbocycles. The Morgan fingerprint density at radius 3 is 2.76 bits per heavy atom. The van der Waals surface area contributed by atoms with Gasteiger partial charge in [0.1, 0.15) is 5.01 Å². The van der Waals surface area contributed by atoms with Crippen LogP contribution in [0.4, 0.5) is 5.69 Å². The molecule has 21 heavy (non-hydrogen) atoms. The largest absolute Gasteiger partial charge is 0.392 e. The Hall–Kier alpha value is -2.24. The summed E-state index contributed by atoms with van der Waals surface area (Å²) in [4.78, 5) is 9.66. The van der Waals surface area contributed by atoms with E-state index in [1.807, 2.05) is 24.4 Å². The van der Waals surface area contributed by atoms with Crippen molar-refractivity contribution in [1.29, 1.82) is 0 Å². The molecule has 2 heterocycles. The summed E-state index contributed by atoms with van der Waals surface area (Å²) in [5.41, 5.74) is 2.86. The van der Waals surface area contributed by atoms with E-state index in [0.29, 0.717) is 6.54 Å². The van der Waals surface area contributed by atoms with E-state index >= 15 is 0 Å². The summed E-state index contributed by atoms with van der Waals surface area (Å²) < 4.78 is 0. The van der Waals surface area contributed by atoms with Gasteiger partial charge in [0.05, 0.1) is 29.9 Å². The molecular formula is C16H15N3OS. The second-order valence-electron chi connectivity index (χ2n) is 4.53. The molecule has 106 valence electrons. The van der Waals surface area contributed by atoms with Gasteiger partial charge in [0.15, 0.2) is 0 Å². The minimum Gasteiger partial charge on any atom is -0.392 e. The SMILES string of the molecule is OCc1ccncc1NCc1ncc(-c2ccccc2)s1. The van der Waals surface area contributed by atoms with Crippen LogP contribution in [-0.4, -0.2) is 15.1 Å². The van der Waals surface area contributed by atoms with Gasteiger partial charge >= 0.3 is 0 Å². The molecule has 0 saturated carbocycles. The zero-order chi connectivity index (χ0) is 14.5. The number of anilines is 1. The Morgan fingerprint density at radius 1 is 1.10 bits per heavy atom. The normalized spacial score (nSPS) is 10.5. The molecule has 2 N–H and O–H groups in total. The van der Waals surface area contributed by atoms with Crippen LogP contribution in [0, 0.1) is 0 Å². The zero-order valence-corrected chi connectivity index (χ0v) is 12.2. The minimum atomic E-state index is -0.00200. The van der Waals surface area contributed by atoms with E-state index in [-0.39, 0.29) is 6.61 Å². The fourth-order valence-corrected chi connectivity index (χ4v) is 2.88.